The summed E-state index contributed by atoms with van der Waals surface area (Å²) in [4.78, 5) is 14.2. The zero-order valence-corrected chi connectivity index (χ0v) is 8.87. The van der Waals surface area contributed by atoms with E-state index >= 15 is 0 Å². The third-order valence-electron chi connectivity index (χ3n) is 3.12. The molecule has 0 atom stereocenters. The Hall–Kier alpha value is -1.60. The Morgan fingerprint density at radius 3 is 2.60 bits per heavy atom. The van der Waals surface area contributed by atoms with Gasteiger partial charge in [0.25, 0.3) is 0 Å². The van der Waals surface area contributed by atoms with Gasteiger partial charge >= 0.3 is 0 Å². The smallest absolute Gasteiger partial charge is 0.235 e. The number of aromatic hydroxyl groups is 1. The monoisotopic (exact) mass is 203 g/mol. The zero-order chi connectivity index (χ0) is 11.1. The maximum Gasteiger partial charge on any atom is 0.235 e. The van der Waals surface area contributed by atoms with Crippen LogP contribution in [0.2, 0.25) is 0 Å². The summed E-state index contributed by atoms with van der Waals surface area (Å²) in [6, 6.07) is 3.80. The average molecular weight is 203 g/mol. The van der Waals surface area contributed by atoms with Crippen LogP contribution in [0.3, 0.4) is 0 Å². The molecule has 0 aromatic heterocycles. The Bertz CT molecular complexity index is 455. The molecule has 0 unspecified atom stereocenters. The molecule has 0 amide bonds. The first-order valence-electron chi connectivity index (χ1n) is 4.99. The normalized spacial score (nSPS) is 16.9. The first-order valence-corrected chi connectivity index (χ1v) is 4.99. The highest BCUT2D eigenvalue weighted by Crippen LogP contribution is 2.51. The van der Waals surface area contributed by atoms with E-state index in [4.69, 9.17) is 0 Å². The van der Waals surface area contributed by atoms with E-state index in [1.807, 2.05) is 26.0 Å². The summed E-state index contributed by atoms with van der Waals surface area (Å²) in [7, 11) is 0. The molecular formula is C12H13NO2. The number of rotatable bonds is 2. The molecule has 2 rings (SSSR count). The molecule has 1 saturated carbocycles. The van der Waals surface area contributed by atoms with Crippen molar-refractivity contribution in [1.82, 2.24) is 0 Å². The second kappa shape index (κ2) is 3.21. The highest BCUT2D eigenvalue weighted by atomic mass is 16.3. The average Bonchev–Trinajstić information content (AvgIpc) is 2.96. The molecule has 0 radical (unpaired) electrons. The van der Waals surface area contributed by atoms with E-state index in [-0.39, 0.29) is 0 Å². The lowest BCUT2D eigenvalue weighted by atomic mass is 9.97. The summed E-state index contributed by atoms with van der Waals surface area (Å²) in [5.41, 5.74) is 2.24. The molecule has 1 aromatic carbocycles. The fourth-order valence-electron chi connectivity index (χ4n) is 1.99. The van der Waals surface area contributed by atoms with Crippen LogP contribution in [0.25, 0.3) is 0 Å². The van der Waals surface area contributed by atoms with Gasteiger partial charge in [0.1, 0.15) is 5.75 Å². The van der Waals surface area contributed by atoms with Crippen molar-refractivity contribution in [3.63, 3.8) is 0 Å². The van der Waals surface area contributed by atoms with Crippen molar-refractivity contribution < 1.29 is 9.90 Å². The van der Waals surface area contributed by atoms with Crippen molar-refractivity contribution in [2.75, 3.05) is 0 Å². The number of nitrogens with zero attached hydrogens (tertiary/aromatic N) is 1. The van der Waals surface area contributed by atoms with Gasteiger partial charge < -0.3 is 5.11 Å². The topological polar surface area (TPSA) is 49.7 Å². The van der Waals surface area contributed by atoms with Gasteiger partial charge in [0.15, 0.2) is 0 Å². The van der Waals surface area contributed by atoms with Crippen LogP contribution < -0.4 is 0 Å². The summed E-state index contributed by atoms with van der Waals surface area (Å²) in [6.45, 7) is 3.72. The summed E-state index contributed by atoms with van der Waals surface area (Å²) in [5.74, 6) is 0.305. The lowest BCUT2D eigenvalue weighted by Crippen LogP contribution is -2.05. The molecule has 0 bridgehead atoms. The van der Waals surface area contributed by atoms with Crippen molar-refractivity contribution in [3.05, 3.63) is 28.8 Å². The van der Waals surface area contributed by atoms with Crippen LogP contribution in [-0.2, 0) is 10.3 Å². The molecular weight excluding hydrogens is 190 g/mol. The van der Waals surface area contributed by atoms with Crippen molar-refractivity contribution in [3.8, 4) is 5.75 Å². The van der Waals surface area contributed by atoms with Crippen LogP contribution in [0.4, 0.5) is 0 Å². The number of aryl methyl sites for hydroxylation is 1. The predicted octanol–water partition coefficient (Wildman–Crippen LogP) is 2.33. The molecule has 1 aromatic rings. The standard InChI is InChI=1S/C12H13NO2/c1-8-3-4-10(9(2)11(8)15)12(5-6-12)13-7-14/h3-4,15H,5-6H2,1-2H3. The lowest BCUT2D eigenvalue weighted by molar-refractivity contribution is 0.464. The van der Waals surface area contributed by atoms with Crippen LogP contribution >= 0.6 is 0 Å². The minimum absolute atomic E-state index is 0.305. The van der Waals surface area contributed by atoms with Crippen molar-refractivity contribution >= 4 is 6.08 Å². The quantitative estimate of drug-likeness (QED) is 0.592. The maximum atomic E-state index is 10.3. The van der Waals surface area contributed by atoms with Crippen LogP contribution in [0.15, 0.2) is 17.1 Å². The van der Waals surface area contributed by atoms with Gasteiger partial charge in [-0.05, 0) is 43.4 Å². The number of phenolic OH excluding ortho intramolecular Hbond substituents is 1. The van der Waals surface area contributed by atoms with E-state index in [1.165, 1.54) is 0 Å². The number of benzene rings is 1. The molecule has 3 nitrogen and oxygen atoms in total. The number of hydrogen-bond acceptors (Lipinski definition) is 3. The molecule has 1 N–H and O–H groups in total. The van der Waals surface area contributed by atoms with Crippen LogP contribution in [-0.4, -0.2) is 11.2 Å². The van der Waals surface area contributed by atoms with Gasteiger partial charge in [-0.1, -0.05) is 12.1 Å². The number of phenols is 1. The largest absolute Gasteiger partial charge is 0.507 e. The molecule has 78 valence electrons. The van der Waals surface area contributed by atoms with E-state index in [0.717, 1.165) is 29.5 Å². The predicted molar refractivity (Wildman–Crippen MR) is 56.6 cm³/mol. The Labute approximate surface area is 88.5 Å². The Morgan fingerprint density at radius 1 is 1.40 bits per heavy atom. The van der Waals surface area contributed by atoms with Crippen LogP contribution in [0, 0.1) is 13.8 Å². The van der Waals surface area contributed by atoms with E-state index in [0.29, 0.717) is 5.75 Å². The van der Waals surface area contributed by atoms with Gasteiger partial charge in [0.2, 0.25) is 6.08 Å². The van der Waals surface area contributed by atoms with E-state index in [9.17, 15) is 9.90 Å². The van der Waals surface area contributed by atoms with Crippen LogP contribution in [0.5, 0.6) is 5.75 Å². The number of aliphatic imine (C=N–C) groups is 1. The highest BCUT2D eigenvalue weighted by Gasteiger charge is 2.46. The number of hydrogen-bond donors (Lipinski definition) is 1. The first-order chi connectivity index (χ1) is 7.10. The molecule has 3 heteroatoms. The SMILES string of the molecule is Cc1ccc(C2(N=C=O)CC2)c(C)c1O. The molecule has 15 heavy (non-hydrogen) atoms. The van der Waals surface area contributed by atoms with E-state index in [2.05, 4.69) is 4.99 Å². The second-order valence-corrected chi connectivity index (χ2v) is 4.14. The fourth-order valence-corrected chi connectivity index (χ4v) is 1.99. The summed E-state index contributed by atoms with van der Waals surface area (Å²) < 4.78 is 0. The minimum atomic E-state index is -0.392. The van der Waals surface area contributed by atoms with Crippen molar-refractivity contribution in [2.45, 2.75) is 32.2 Å². The van der Waals surface area contributed by atoms with Gasteiger partial charge in [-0.25, -0.2) is 4.79 Å². The molecule has 0 aliphatic heterocycles. The van der Waals surface area contributed by atoms with Gasteiger partial charge in [-0.2, -0.15) is 4.99 Å². The molecule has 0 spiro atoms. The molecule has 0 heterocycles. The third kappa shape index (κ3) is 1.45. The van der Waals surface area contributed by atoms with E-state index < -0.39 is 5.54 Å². The summed E-state index contributed by atoms with van der Waals surface area (Å²) >= 11 is 0. The van der Waals surface area contributed by atoms with Gasteiger partial charge in [-0.15, -0.1) is 0 Å². The zero-order valence-electron chi connectivity index (χ0n) is 8.87. The van der Waals surface area contributed by atoms with Crippen molar-refractivity contribution in [1.29, 1.82) is 0 Å². The summed E-state index contributed by atoms with van der Waals surface area (Å²) in [6.07, 6.45) is 3.36. The van der Waals surface area contributed by atoms with Crippen LogP contribution in [0.1, 0.15) is 29.5 Å². The third-order valence-corrected chi connectivity index (χ3v) is 3.12. The molecule has 1 fully saturated rings. The maximum absolute atomic E-state index is 10.3. The second-order valence-electron chi connectivity index (χ2n) is 4.14. The highest BCUT2D eigenvalue weighted by molar-refractivity contribution is 5.50. The minimum Gasteiger partial charge on any atom is -0.507 e. The summed E-state index contributed by atoms with van der Waals surface area (Å²) in [5, 5.41) is 9.81. The van der Waals surface area contributed by atoms with Gasteiger partial charge in [0, 0.05) is 0 Å². The first kappa shape index (κ1) is 9.94. The van der Waals surface area contributed by atoms with Gasteiger partial charge in [0.05, 0.1) is 5.54 Å². The number of carbonyl (C=O) groups excluding carboxylic acids is 1. The Morgan fingerprint density at radius 2 is 2.07 bits per heavy atom. The molecule has 0 saturated heterocycles. The number of isocyanates is 1. The Balaban J connectivity index is 2.55. The molecule has 1 aliphatic rings. The molecule has 1 aliphatic carbocycles. The lowest BCUT2D eigenvalue weighted by Gasteiger charge is -2.14. The fraction of sp³-hybridized carbons (Fsp3) is 0.417. The Kier molecular flexibility index (Phi) is 2.13. The van der Waals surface area contributed by atoms with E-state index in [1.54, 1.807) is 6.08 Å². The van der Waals surface area contributed by atoms with Crippen molar-refractivity contribution in [2.24, 2.45) is 4.99 Å². The van der Waals surface area contributed by atoms with Gasteiger partial charge in [-0.3, -0.25) is 0 Å².